The largest absolute Gasteiger partial charge is 0.497 e. The minimum Gasteiger partial charge on any atom is -0.497 e. The summed E-state index contributed by atoms with van der Waals surface area (Å²) in [6.45, 7) is 3.63. The lowest BCUT2D eigenvalue weighted by molar-refractivity contribution is 0.384. The molecule has 0 radical (unpaired) electrons. The lowest BCUT2D eigenvalue weighted by atomic mass is 10.1. The Morgan fingerprint density at radius 3 is 2.56 bits per heavy atom. The van der Waals surface area contributed by atoms with Gasteiger partial charge in [0.05, 0.1) is 17.8 Å². The van der Waals surface area contributed by atoms with Crippen LogP contribution < -0.4 is 9.64 Å². The Morgan fingerprint density at radius 2 is 1.84 bits per heavy atom. The van der Waals surface area contributed by atoms with Crippen molar-refractivity contribution in [3.05, 3.63) is 68.6 Å². The number of halogens is 2. The van der Waals surface area contributed by atoms with Crippen LogP contribution in [0.2, 0.25) is 10.0 Å². The number of anilines is 1. The third kappa shape index (κ3) is 4.89. The van der Waals surface area contributed by atoms with Gasteiger partial charge in [0.15, 0.2) is 5.13 Å². The molecule has 1 fully saturated rings. The molecule has 0 amide bonds. The molecule has 0 spiro atoms. The summed E-state index contributed by atoms with van der Waals surface area (Å²) in [6.07, 6.45) is 0.719. The van der Waals surface area contributed by atoms with Crippen LogP contribution in [-0.2, 0) is 16.4 Å². The Hall–Kier alpha value is -1.84. The van der Waals surface area contributed by atoms with Crippen molar-refractivity contribution in [2.24, 2.45) is 0 Å². The van der Waals surface area contributed by atoms with Crippen molar-refractivity contribution in [2.45, 2.75) is 18.2 Å². The number of methoxy groups -OCH3 is 1. The molecule has 6 nitrogen and oxygen atoms in total. The molecule has 10 heteroatoms. The van der Waals surface area contributed by atoms with Crippen LogP contribution in [0.15, 0.2) is 46.7 Å². The molecule has 0 bridgehead atoms. The van der Waals surface area contributed by atoms with Gasteiger partial charge in [-0.05, 0) is 42.3 Å². The first kappa shape index (κ1) is 23.3. The third-order valence-electron chi connectivity index (χ3n) is 5.40. The van der Waals surface area contributed by atoms with Crippen molar-refractivity contribution < 1.29 is 13.2 Å². The number of sulfonamides is 1. The lowest BCUT2D eigenvalue weighted by Gasteiger charge is -2.34. The maximum Gasteiger partial charge on any atom is 0.244 e. The minimum atomic E-state index is -3.69. The Labute approximate surface area is 202 Å². The van der Waals surface area contributed by atoms with Crippen LogP contribution in [0, 0.1) is 6.92 Å². The molecule has 170 valence electrons. The van der Waals surface area contributed by atoms with Crippen LogP contribution in [0.1, 0.15) is 16.8 Å². The monoisotopic (exact) mass is 511 g/mol. The van der Waals surface area contributed by atoms with E-state index in [1.165, 1.54) is 16.4 Å². The molecule has 0 aliphatic carbocycles. The number of hydrogen-bond acceptors (Lipinski definition) is 6. The highest BCUT2D eigenvalue weighted by Crippen LogP contribution is 2.31. The number of benzene rings is 2. The van der Waals surface area contributed by atoms with E-state index in [-0.39, 0.29) is 9.92 Å². The van der Waals surface area contributed by atoms with Crippen molar-refractivity contribution in [1.29, 1.82) is 0 Å². The molecule has 0 saturated carbocycles. The van der Waals surface area contributed by atoms with Crippen LogP contribution in [0.5, 0.6) is 5.75 Å². The minimum absolute atomic E-state index is 0.101. The van der Waals surface area contributed by atoms with Gasteiger partial charge in [0.2, 0.25) is 10.0 Å². The summed E-state index contributed by atoms with van der Waals surface area (Å²) < 4.78 is 33.0. The van der Waals surface area contributed by atoms with Gasteiger partial charge in [0.25, 0.3) is 0 Å². The predicted octanol–water partition coefficient (Wildman–Crippen LogP) is 4.87. The lowest BCUT2D eigenvalue weighted by Crippen LogP contribution is -2.48. The zero-order chi connectivity index (χ0) is 22.9. The molecular weight excluding hydrogens is 489 g/mol. The Bertz CT molecular complexity index is 1220. The van der Waals surface area contributed by atoms with Gasteiger partial charge in [-0.1, -0.05) is 35.3 Å². The standard InChI is InChI=1S/C22H23Cl2N3O3S2/c1-15-10-21(20(24)13-19(15)23)32(28,29)27-8-6-26(7-9-27)22-25-17(14-31-22)11-16-4-3-5-18(12-16)30-2/h3-5,10,12-14H,6-9,11H2,1-2H3. The van der Waals surface area contributed by atoms with Gasteiger partial charge in [0.1, 0.15) is 10.6 Å². The molecule has 32 heavy (non-hydrogen) atoms. The van der Waals surface area contributed by atoms with E-state index in [4.69, 9.17) is 32.9 Å². The van der Waals surface area contributed by atoms with Crippen molar-refractivity contribution in [1.82, 2.24) is 9.29 Å². The molecule has 1 aliphatic heterocycles. The first-order valence-corrected chi connectivity index (χ1v) is 13.1. The first-order chi connectivity index (χ1) is 15.3. The molecule has 0 unspecified atom stereocenters. The average Bonchev–Trinajstić information content (AvgIpc) is 3.24. The van der Waals surface area contributed by atoms with E-state index in [0.717, 1.165) is 28.6 Å². The predicted molar refractivity (Wildman–Crippen MR) is 130 cm³/mol. The molecular formula is C22H23Cl2N3O3S2. The van der Waals surface area contributed by atoms with Gasteiger partial charge < -0.3 is 9.64 Å². The van der Waals surface area contributed by atoms with E-state index >= 15 is 0 Å². The topological polar surface area (TPSA) is 62.7 Å². The van der Waals surface area contributed by atoms with Gasteiger partial charge >= 0.3 is 0 Å². The van der Waals surface area contributed by atoms with Crippen LogP contribution >= 0.6 is 34.5 Å². The highest BCUT2D eigenvalue weighted by Gasteiger charge is 2.31. The fourth-order valence-corrected chi connectivity index (χ4v) is 6.71. The van der Waals surface area contributed by atoms with E-state index in [1.54, 1.807) is 25.4 Å². The van der Waals surface area contributed by atoms with Crippen LogP contribution in [0.25, 0.3) is 0 Å². The molecule has 0 N–H and O–H groups in total. The van der Waals surface area contributed by atoms with Gasteiger partial charge in [-0.2, -0.15) is 4.31 Å². The summed E-state index contributed by atoms with van der Waals surface area (Å²) in [5, 5.41) is 3.55. The number of rotatable bonds is 6. The zero-order valence-corrected chi connectivity index (χ0v) is 20.9. The van der Waals surface area contributed by atoms with Crippen molar-refractivity contribution in [3.8, 4) is 5.75 Å². The summed E-state index contributed by atoms with van der Waals surface area (Å²) in [6, 6.07) is 11.0. The van der Waals surface area contributed by atoms with Crippen molar-refractivity contribution >= 4 is 49.7 Å². The van der Waals surface area contributed by atoms with Gasteiger partial charge in [-0.3, -0.25) is 0 Å². The number of piperazine rings is 1. The van der Waals surface area contributed by atoms with Crippen LogP contribution in [-0.4, -0.2) is 51.0 Å². The number of aromatic nitrogens is 1. The molecule has 1 saturated heterocycles. The van der Waals surface area contributed by atoms with Crippen molar-refractivity contribution in [3.63, 3.8) is 0 Å². The Kier molecular flexibility index (Phi) is 6.97. The maximum absolute atomic E-state index is 13.1. The van der Waals surface area contributed by atoms with E-state index in [0.29, 0.717) is 36.8 Å². The zero-order valence-electron chi connectivity index (χ0n) is 17.7. The van der Waals surface area contributed by atoms with E-state index in [9.17, 15) is 8.42 Å². The fraction of sp³-hybridized carbons (Fsp3) is 0.318. The number of hydrogen-bond donors (Lipinski definition) is 0. The highest BCUT2D eigenvalue weighted by atomic mass is 35.5. The number of ether oxygens (including phenoxy) is 1. The summed E-state index contributed by atoms with van der Waals surface area (Å²) in [5.41, 5.74) is 2.80. The molecule has 1 aromatic heterocycles. The first-order valence-electron chi connectivity index (χ1n) is 10.1. The summed E-state index contributed by atoms with van der Waals surface area (Å²) >= 11 is 13.8. The normalized spacial score (nSPS) is 15.2. The van der Waals surface area contributed by atoms with Gasteiger partial charge in [-0.15, -0.1) is 11.3 Å². The summed E-state index contributed by atoms with van der Waals surface area (Å²) in [4.78, 5) is 6.99. The third-order valence-corrected chi connectivity index (χ3v) is 9.12. The molecule has 2 heterocycles. The van der Waals surface area contributed by atoms with Crippen LogP contribution in [0.4, 0.5) is 5.13 Å². The number of nitrogens with zero attached hydrogens (tertiary/aromatic N) is 3. The Morgan fingerprint density at radius 1 is 1.09 bits per heavy atom. The second kappa shape index (κ2) is 9.57. The quantitative estimate of drug-likeness (QED) is 0.472. The average molecular weight is 512 g/mol. The molecule has 2 aromatic carbocycles. The van der Waals surface area contributed by atoms with Gasteiger partial charge in [-0.25, -0.2) is 13.4 Å². The summed E-state index contributed by atoms with van der Waals surface area (Å²) in [5.74, 6) is 0.825. The SMILES string of the molecule is COc1cccc(Cc2csc(N3CCN(S(=O)(=O)c4cc(C)c(Cl)cc4Cl)CC3)n2)c1. The molecule has 3 aromatic rings. The smallest absolute Gasteiger partial charge is 0.244 e. The second-order valence-electron chi connectivity index (χ2n) is 7.57. The van der Waals surface area contributed by atoms with Gasteiger partial charge in [0, 0.05) is 43.0 Å². The van der Waals surface area contributed by atoms with Crippen LogP contribution in [0.3, 0.4) is 0 Å². The maximum atomic E-state index is 13.1. The number of thiazole rings is 1. The fourth-order valence-electron chi connectivity index (χ4n) is 3.60. The van der Waals surface area contributed by atoms with Crippen molar-refractivity contribution in [2.75, 3.05) is 38.2 Å². The summed E-state index contributed by atoms with van der Waals surface area (Å²) in [7, 11) is -2.04. The molecule has 1 aliphatic rings. The molecule has 4 rings (SSSR count). The number of aryl methyl sites for hydroxylation is 1. The second-order valence-corrected chi connectivity index (χ2v) is 11.1. The highest BCUT2D eigenvalue weighted by molar-refractivity contribution is 7.89. The van der Waals surface area contributed by atoms with E-state index in [1.807, 2.05) is 23.6 Å². The Balaban J connectivity index is 1.42. The van der Waals surface area contributed by atoms with E-state index < -0.39 is 10.0 Å². The molecule has 0 atom stereocenters. The van der Waals surface area contributed by atoms with E-state index in [2.05, 4.69) is 11.0 Å².